The van der Waals surface area contributed by atoms with Crippen molar-refractivity contribution in [3.63, 3.8) is 0 Å². The third-order valence-corrected chi connectivity index (χ3v) is 6.94. The molecule has 0 aromatic carbocycles. The van der Waals surface area contributed by atoms with Crippen LogP contribution in [0.3, 0.4) is 0 Å². The molecular weight excluding hydrogens is 568 g/mol. The maximum Gasteiger partial charge on any atom is 0.418 e. The molecule has 0 bridgehead atoms. The lowest BCUT2D eigenvalue weighted by Gasteiger charge is -2.12. The number of amides is 1. The summed E-state index contributed by atoms with van der Waals surface area (Å²) >= 11 is 12.9. The summed E-state index contributed by atoms with van der Waals surface area (Å²) in [4.78, 5) is 43.5. The molecule has 3 aromatic heterocycles. The first-order chi connectivity index (χ1) is 17.9. The van der Waals surface area contributed by atoms with Gasteiger partial charge in [0.25, 0.3) is 5.91 Å². The van der Waals surface area contributed by atoms with E-state index in [1.165, 1.54) is 12.5 Å². The fourth-order valence-electron chi connectivity index (χ4n) is 3.18. The topological polar surface area (TPSA) is 110 Å². The number of ketones is 1. The van der Waals surface area contributed by atoms with E-state index in [4.69, 9.17) is 27.9 Å². The second kappa shape index (κ2) is 12.8. The molecule has 1 amide bonds. The van der Waals surface area contributed by atoms with Crippen LogP contribution >= 0.6 is 34.5 Å². The minimum Gasteiger partial charge on any atom is -0.476 e. The molecule has 0 saturated carbocycles. The van der Waals surface area contributed by atoms with Gasteiger partial charge in [-0.05, 0) is 26.6 Å². The summed E-state index contributed by atoms with van der Waals surface area (Å²) in [6.07, 6.45) is -0.695. The number of anilines is 1. The Morgan fingerprint density at radius 3 is 2.58 bits per heavy atom. The van der Waals surface area contributed by atoms with Crippen molar-refractivity contribution >= 4 is 52.0 Å². The number of pyridine rings is 1. The maximum absolute atomic E-state index is 13.1. The van der Waals surface area contributed by atoms with Gasteiger partial charge >= 0.3 is 6.18 Å². The lowest BCUT2D eigenvalue weighted by atomic mass is 10.0. The van der Waals surface area contributed by atoms with Crippen molar-refractivity contribution in [3.8, 4) is 5.88 Å². The number of nitrogens with one attached hydrogen (secondary N) is 1. The lowest BCUT2D eigenvalue weighted by molar-refractivity contribution is -0.137. The molecule has 0 radical (unpaired) electrons. The molecule has 0 aliphatic rings. The van der Waals surface area contributed by atoms with Gasteiger partial charge in [-0.1, -0.05) is 30.1 Å². The van der Waals surface area contributed by atoms with Gasteiger partial charge in [0, 0.05) is 25.1 Å². The molecule has 1 N–H and O–H groups in total. The van der Waals surface area contributed by atoms with Gasteiger partial charge in [-0.2, -0.15) is 13.2 Å². The second-order valence-corrected chi connectivity index (χ2v) is 10.3. The second-order valence-electron chi connectivity index (χ2n) is 8.44. The number of Topliss-reactive ketones (excluding diaryl/α,β-unsaturated/α-hetero) is 1. The minimum atomic E-state index is -4.70. The van der Waals surface area contributed by atoms with Gasteiger partial charge in [0.05, 0.1) is 28.4 Å². The van der Waals surface area contributed by atoms with Crippen LogP contribution in [-0.2, 0) is 6.18 Å². The van der Waals surface area contributed by atoms with E-state index in [1.807, 2.05) is 19.0 Å². The third kappa shape index (κ3) is 7.82. The smallest absolute Gasteiger partial charge is 0.418 e. The van der Waals surface area contributed by atoms with E-state index in [-0.39, 0.29) is 39.5 Å². The first-order valence-electron chi connectivity index (χ1n) is 11.2. The van der Waals surface area contributed by atoms with E-state index in [0.717, 1.165) is 30.5 Å². The first kappa shape index (κ1) is 29.7. The largest absolute Gasteiger partial charge is 0.476 e. The zero-order chi connectivity index (χ0) is 28.0. The van der Waals surface area contributed by atoms with Crippen LogP contribution in [0.15, 0.2) is 24.8 Å². The maximum atomic E-state index is 13.1. The fraction of sp³-hybridized carbons (Fsp3) is 0.391. The molecule has 0 saturated heterocycles. The zero-order valence-corrected chi connectivity index (χ0v) is 22.8. The molecular formula is C23H23Cl2F3N6O3S. The normalized spacial score (nSPS) is 12.4. The minimum absolute atomic E-state index is 0.0138. The Balaban J connectivity index is 1.64. The summed E-state index contributed by atoms with van der Waals surface area (Å²) in [6, 6.07) is 0.648. The molecule has 15 heteroatoms. The van der Waals surface area contributed by atoms with Crippen molar-refractivity contribution in [1.82, 2.24) is 24.8 Å². The lowest BCUT2D eigenvalue weighted by Crippen LogP contribution is -2.16. The van der Waals surface area contributed by atoms with Crippen LogP contribution in [0, 0.1) is 0 Å². The van der Waals surface area contributed by atoms with Crippen molar-refractivity contribution in [1.29, 1.82) is 0 Å². The van der Waals surface area contributed by atoms with Crippen molar-refractivity contribution in [2.24, 2.45) is 0 Å². The number of alkyl halides is 3. The van der Waals surface area contributed by atoms with Gasteiger partial charge in [-0.3, -0.25) is 9.59 Å². The number of ether oxygens (including phenoxy) is 1. The quantitative estimate of drug-likeness (QED) is 0.226. The average molecular weight is 591 g/mol. The van der Waals surface area contributed by atoms with E-state index in [1.54, 1.807) is 6.92 Å². The molecule has 3 aromatic rings. The number of aromatic nitrogens is 4. The van der Waals surface area contributed by atoms with Gasteiger partial charge in [0.1, 0.15) is 27.7 Å². The number of hydrogen-bond donors (Lipinski definition) is 1. The van der Waals surface area contributed by atoms with Crippen LogP contribution in [0.25, 0.3) is 0 Å². The van der Waals surface area contributed by atoms with Crippen molar-refractivity contribution in [2.75, 3.05) is 32.6 Å². The highest BCUT2D eigenvalue weighted by Crippen LogP contribution is 2.35. The molecule has 3 heterocycles. The van der Waals surface area contributed by atoms with Crippen molar-refractivity contribution < 1.29 is 27.5 Å². The Labute approximate surface area is 230 Å². The standard InChI is InChI=1S/C23H23Cl2F3N6O3S/c1-12(7-15(35)19-18(25)21(32-11-31-19)37-6-4-5-34(2)3)22-30-10-16(38-22)20(36)33-17-8-13(23(26,27)28)14(24)9-29-17/h8-12H,4-7H2,1-3H3,(H,29,33,36). The predicted molar refractivity (Wildman–Crippen MR) is 137 cm³/mol. The van der Waals surface area contributed by atoms with Gasteiger partial charge in [-0.15, -0.1) is 11.3 Å². The molecule has 0 aliphatic heterocycles. The SMILES string of the molecule is CC(CC(=O)c1ncnc(OCCCN(C)C)c1Cl)c1ncc(C(=O)Nc2cc(C(F)(F)F)c(Cl)cn2)s1. The summed E-state index contributed by atoms with van der Waals surface area (Å²) in [5.41, 5.74) is -1.10. The van der Waals surface area contributed by atoms with Gasteiger partial charge in [-0.25, -0.2) is 19.9 Å². The third-order valence-electron chi connectivity index (χ3n) is 5.07. The van der Waals surface area contributed by atoms with Gasteiger partial charge < -0.3 is 15.0 Å². The van der Waals surface area contributed by atoms with Crippen molar-refractivity contribution in [3.05, 3.63) is 56.0 Å². The van der Waals surface area contributed by atoms with Crippen LogP contribution in [0.4, 0.5) is 19.0 Å². The number of carbonyl (C=O) groups is 2. The van der Waals surface area contributed by atoms with Gasteiger partial charge in [0.2, 0.25) is 5.88 Å². The predicted octanol–water partition coefficient (Wildman–Crippen LogP) is 5.61. The molecule has 0 spiro atoms. The summed E-state index contributed by atoms with van der Waals surface area (Å²) in [6.45, 7) is 2.92. The molecule has 1 atom stereocenters. The number of halogens is 5. The summed E-state index contributed by atoms with van der Waals surface area (Å²) in [5, 5.41) is 2.20. The molecule has 38 heavy (non-hydrogen) atoms. The molecule has 3 rings (SSSR count). The van der Waals surface area contributed by atoms with Crippen LogP contribution in [0.2, 0.25) is 10.0 Å². The Hall–Kier alpha value is -2.87. The van der Waals surface area contributed by atoms with E-state index in [2.05, 4.69) is 25.3 Å². The highest BCUT2D eigenvalue weighted by Gasteiger charge is 2.34. The Bertz CT molecular complexity index is 1310. The number of hydrogen-bond acceptors (Lipinski definition) is 9. The van der Waals surface area contributed by atoms with Crippen LogP contribution in [0.1, 0.15) is 56.4 Å². The number of rotatable bonds is 11. The summed E-state index contributed by atoms with van der Waals surface area (Å²) in [7, 11) is 3.88. The molecule has 0 fully saturated rings. The van der Waals surface area contributed by atoms with E-state index < -0.39 is 28.6 Å². The fourth-order valence-corrected chi connectivity index (χ4v) is 4.52. The van der Waals surface area contributed by atoms with Crippen LogP contribution in [0.5, 0.6) is 5.88 Å². The Morgan fingerprint density at radius 1 is 1.16 bits per heavy atom. The van der Waals surface area contributed by atoms with Crippen LogP contribution in [-0.4, -0.2) is 63.8 Å². The van der Waals surface area contributed by atoms with Gasteiger partial charge in [0.15, 0.2) is 5.78 Å². The summed E-state index contributed by atoms with van der Waals surface area (Å²) < 4.78 is 44.8. The summed E-state index contributed by atoms with van der Waals surface area (Å²) in [5.74, 6) is -1.67. The Morgan fingerprint density at radius 2 is 1.89 bits per heavy atom. The highest BCUT2D eigenvalue weighted by molar-refractivity contribution is 7.13. The molecule has 9 nitrogen and oxygen atoms in total. The molecule has 0 aliphatic carbocycles. The van der Waals surface area contributed by atoms with E-state index in [9.17, 15) is 22.8 Å². The molecule has 204 valence electrons. The number of thiazole rings is 1. The van der Waals surface area contributed by atoms with Crippen molar-refractivity contribution in [2.45, 2.75) is 31.9 Å². The highest BCUT2D eigenvalue weighted by atomic mass is 35.5. The van der Waals surface area contributed by atoms with E-state index in [0.29, 0.717) is 17.7 Å². The van der Waals surface area contributed by atoms with Crippen LogP contribution < -0.4 is 10.1 Å². The zero-order valence-electron chi connectivity index (χ0n) is 20.5. The number of nitrogens with zero attached hydrogens (tertiary/aromatic N) is 5. The molecule has 1 unspecified atom stereocenters. The van der Waals surface area contributed by atoms with E-state index >= 15 is 0 Å². The monoisotopic (exact) mass is 590 g/mol. The average Bonchev–Trinajstić information content (AvgIpc) is 3.34. The number of carbonyl (C=O) groups excluding carboxylic acids is 2. The first-order valence-corrected chi connectivity index (χ1v) is 12.7. The Kier molecular flexibility index (Phi) is 9.99.